The van der Waals surface area contributed by atoms with Gasteiger partial charge in [0.2, 0.25) is 0 Å². The van der Waals surface area contributed by atoms with Crippen LogP contribution in [0.1, 0.15) is 17.0 Å². The molecule has 106 valence electrons. The van der Waals surface area contributed by atoms with Gasteiger partial charge in [-0.3, -0.25) is 0 Å². The Morgan fingerprint density at radius 3 is 2.95 bits per heavy atom. The van der Waals surface area contributed by atoms with Crippen LogP contribution in [0.5, 0.6) is 0 Å². The number of thioether (sulfide) groups is 1. The molecule has 1 aromatic heterocycles. The molecule has 0 saturated carbocycles. The van der Waals surface area contributed by atoms with Crippen molar-refractivity contribution in [1.82, 2.24) is 14.8 Å². The molecule has 0 bridgehead atoms. The van der Waals surface area contributed by atoms with E-state index in [1.165, 1.54) is 11.1 Å². The summed E-state index contributed by atoms with van der Waals surface area (Å²) < 4.78 is 7.18. The summed E-state index contributed by atoms with van der Waals surface area (Å²) in [6, 6.07) is 8.50. The summed E-state index contributed by atoms with van der Waals surface area (Å²) in [7, 11) is 1.66. The van der Waals surface area contributed by atoms with Crippen LogP contribution in [-0.4, -0.2) is 21.9 Å². The molecule has 4 nitrogen and oxygen atoms in total. The summed E-state index contributed by atoms with van der Waals surface area (Å²) in [5.41, 5.74) is 2.56. The Morgan fingerprint density at radius 1 is 1.40 bits per heavy atom. The number of ether oxygens (including phenoxy) is 1. The van der Waals surface area contributed by atoms with Crippen LogP contribution in [0.2, 0.25) is 0 Å². The third-order valence-corrected chi connectivity index (χ3v) is 3.87. The third kappa shape index (κ3) is 3.71. The highest BCUT2D eigenvalue weighted by atomic mass is 32.2. The van der Waals surface area contributed by atoms with Crippen molar-refractivity contribution in [3.05, 3.63) is 53.9 Å². The predicted molar refractivity (Wildman–Crippen MR) is 81.7 cm³/mol. The van der Waals surface area contributed by atoms with Crippen LogP contribution in [0.3, 0.4) is 0 Å². The topological polar surface area (TPSA) is 39.9 Å². The molecule has 2 rings (SSSR count). The van der Waals surface area contributed by atoms with E-state index < -0.39 is 0 Å². The van der Waals surface area contributed by atoms with Crippen molar-refractivity contribution in [2.45, 2.75) is 31.0 Å². The molecular formula is C15H19N3OS. The maximum Gasteiger partial charge on any atom is 0.191 e. The molecule has 0 atom stereocenters. The first-order valence-electron chi connectivity index (χ1n) is 6.45. The van der Waals surface area contributed by atoms with Crippen molar-refractivity contribution in [1.29, 1.82) is 0 Å². The van der Waals surface area contributed by atoms with Crippen molar-refractivity contribution in [3.8, 4) is 0 Å². The van der Waals surface area contributed by atoms with E-state index in [2.05, 4.69) is 48.0 Å². The smallest absolute Gasteiger partial charge is 0.191 e. The summed E-state index contributed by atoms with van der Waals surface area (Å²) in [4.78, 5) is 0. The lowest BCUT2D eigenvalue weighted by Gasteiger charge is -2.07. The Morgan fingerprint density at radius 2 is 2.25 bits per heavy atom. The van der Waals surface area contributed by atoms with Gasteiger partial charge in [-0.25, -0.2) is 0 Å². The summed E-state index contributed by atoms with van der Waals surface area (Å²) in [5, 5.41) is 9.31. The number of nitrogens with zero attached hydrogens (tertiary/aromatic N) is 3. The van der Waals surface area contributed by atoms with E-state index in [1.54, 1.807) is 18.9 Å². The lowest BCUT2D eigenvalue weighted by atomic mass is 10.2. The molecule has 0 amide bonds. The zero-order valence-electron chi connectivity index (χ0n) is 11.9. The van der Waals surface area contributed by atoms with E-state index in [1.807, 2.05) is 10.6 Å². The van der Waals surface area contributed by atoms with Crippen molar-refractivity contribution in [2.75, 3.05) is 7.11 Å². The first-order valence-corrected chi connectivity index (χ1v) is 7.43. The van der Waals surface area contributed by atoms with Crippen LogP contribution < -0.4 is 0 Å². The first-order chi connectivity index (χ1) is 9.74. The molecule has 0 aliphatic rings. The molecule has 1 aromatic carbocycles. The second-order valence-corrected chi connectivity index (χ2v) is 5.45. The number of aromatic nitrogens is 3. The molecule has 20 heavy (non-hydrogen) atoms. The zero-order chi connectivity index (χ0) is 14.4. The Balaban J connectivity index is 2.10. The first kappa shape index (κ1) is 14.8. The van der Waals surface area contributed by atoms with E-state index in [4.69, 9.17) is 4.74 Å². The van der Waals surface area contributed by atoms with Gasteiger partial charge in [0.25, 0.3) is 0 Å². The molecule has 2 aromatic rings. The fraction of sp³-hybridized carbons (Fsp3) is 0.333. The molecule has 0 spiro atoms. The third-order valence-electron chi connectivity index (χ3n) is 2.83. The number of rotatable bonds is 7. The molecule has 0 aliphatic heterocycles. The van der Waals surface area contributed by atoms with Gasteiger partial charge in [0.1, 0.15) is 6.61 Å². The zero-order valence-corrected chi connectivity index (χ0v) is 12.7. The van der Waals surface area contributed by atoms with E-state index >= 15 is 0 Å². The van der Waals surface area contributed by atoms with Gasteiger partial charge < -0.3 is 9.30 Å². The Labute approximate surface area is 123 Å². The fourth-order valence-electron chi connectivity index (χ4n) is 1.92. The predicted octanol–water partition coefficient (Wildman–Crippen LogP) is 3.21. The van der Waals surface area contributed by atoms with Gasteiger partial charge >= 0.3 is 0 Å². The molecule has 0 fully saturated rings. The van der Waals surface area contributed by atoms with Gasteiger partial charge in [0, 0.05) is 19.4 Å². The lowest BCUT2D eigenvalue weighted by Crippen LogP contribution is -2.04. The second-order valence-electron chi connectivity index (χ2n) is 4.51. The summed E-state index contributed by atoms with van der Waals surface area (Å²) in [6.45, 7) is 7.04. The quantitative estimate of drug-likeness (QED) is 0.579. The van der Waals surface area contributed by atoms with E-state index in [-0.39, 0.29) is 0 Å². The van der Waals surface area contributed by atoms with Crippen LogP contribution in [-0.2, 0) is 23.6 Å². The Bertz CT molecular complexity index is 580. The molecule has 0 saturated heterocycles. The SMILES string of the molecule is C=CCn1c(COC)nnc1SCc1cccc(C)c1. The van der Waals surface area contributed by atoms with Gasteiger partial charge in [-0.05, 0) is 12.5 Å². The molecule has 0 radical (unpaired) electrons. The second kappa shape index (κ2) is 7.26. The number of hydrogen-bond donors (Lipinski definition) is 0. The molecule has 0 aliphatic carbocycles. The average molecular weight is 289 g/mol. The minimum atomic E-state index is 0.464. The highest BCUT2D eigenvalue weighted by molar-refractivity contribution is 7.98. The average Bonchev–Trinajstić information content (AvgIpc) is 2.80. The van der Waals surface area contributed by atoms with Gasteiger partial charge in [-0.15, -0.1) is 16.8 Å². The highest BCUT2D eigenvalue weighted by Crippen LogP contribution is 2.22. The van der Waals surface area contributed by atoms with Crippen molar-refractivity contribution >= 4 is 11.8 Å². The van der Waals surface area contributed by atoms with Gasteiger partial charge in [0.05, 0.1) is 0 Å². The minimum Gasteiger partial charge on any atom is -0.377 e. The maximum absolute atomic E-state index is 5.14. The van der Waals surface area contributed by atoms with Gasteiger partial charge in [-0.1, -0.05) is 47.7 Å². The van der Waals surface area contributed by atoms with Crippen LogP contribution in [0.15, 0.2) is 42.1 Å². The monoisotopic (exact) mass is 289 g/mol. The van der Waals surface area contributed by atoms with Gasteiger partial charge in [-0.2, -0.15) is 0 Å². The molecule has 1 heterocycles. The molecule has 0 unspecified atom stereocenters. The van der Waals surface area contributed by atoms with Crippen molar-refractivity contribution < 1.29 is 4.74 Å². The van der Waals surface area contributed by atoms with Crippen LogP contribution in [0, 0.1) is 6.92 Å². The highest BCUT2D eigenvalue weighted by Gasteiger charge is 2.11. The summed E-state index contributed by atoms with van der Waals surface area (Å²) >= 11 is 1.68. The molecule has 0 N–H and O–H groups in total. The fourth-order valence-corrected chi connectivity index (χ4v) is 2.83. The number of aryl methyl sites for hydroxylation is 1. The number of hydrogen-bond acceptors (Lipinski definition) is 4. The van der Waals surface area contributed by atoms with Crippen LogP contribution in [0.25, 0.3) is 0 Å². The van der Waals surface area contributed by atoms with Crippen LogP contribution >= 0.6 is 11.8 Å². The normalized spacial score (nSPS) is 10.7. The number of allylic oxidation sites excluding steroid dienone is 1. The van der Waals surface area contributed by atoms with E-state index in [0.717, 1.165) is 16.7 Å². The van der Waals surface area contributed by atoms with E-state index in [9.17, 15) is 0 Å². The van der Waals surface area contributed by atoms with Crippen molar-refractivity contribution in [2.24, 2.45) is 0 Å². The summed E-state index contributed by atoms with van der Waals surface area (Å²) in [6.07, 6.45) is 1.85. The van der Waals surface area contributed by atoms with Crippen LogP contribution in [0.4, 0.5) is 0 Å². The largest absolute Gasteiger partial charge is 0.377 e. The maximum atomic E-state index is 5.14. The molecule has 5 heteroatoms. The lowest BCUT2D eigenvalue weighted by molar-refractivity contribution is 0.174. The van der Waals surface area contributed by atoms with E-state index in [0.29, 0.717) is 13.2 Å². The molecular weight excluding hydrogens is 270 g/mol. The minimum absolute atomic E-state index is 0.464. The summed E-state index contributed by atoms with van der Waals surface area (Å²) in [5.74, 6) is 1.71. The van der Waals surface area contributed by atoms with Crippen molar-refractivity contribution in [3.63, 3.8) is 0 Å². The van der Waals surface area contributed by atoms with Gasteiger partial charge in [0.15, 0.2) is 11.0 Å². The number of benzene rings is 1. The standard InChI is InChI=1S/C15H19N3OS/c1-4-8-18-14(10-19-3)16-17-15(18)20-11-13-7-5-6-12(2)9-13/h4-7,9H,1,8,10-11H2,2-3H3. The number of methoxy groups -OCH3 is 1. The Hall–Kier alpha value is -1.59. The Kier molecular flexibility index (Phi) is 5.38.